The quantitative estimate of drug-likeness (QED) is 0.759. The summed E-state index contributed by atoms with van der Waals surface area (Å²) in [6.07, 6.45) is 5.51. The van der Waals surface area contributed by atoms with Gasteiger partial charge in [0.1, 0.15) is 5.82 Å². The van der Waals surface area contributed by atoms with Gasteiger partial charge < -0.3 is 5.32 Å². The summed E-state index contributed by atoms with van der Waals surface area (Å²) in [5, 5.41) is 3.20. The molecule has 0 fully saturated rings. The van der Waals surface area contributed by atoms with Crippen LogP contribution in [0.1, 0.15) is 37.2 Å². The lowest BCUT2D eigenvalue weighted by atomic mass is 10.1. The Balaban J connectivity index is 2.64. The summed E-state index contributed by atoms with van der Waals surface area (Å²) in [4.78, 5) is 8.61. The van der Waals surface area contributed by atoms with Crippen LogP contribution in [-0.4, -0.2) is 17.0 Å². The molecule has 3 heteroatoms. The molecule has 1 aromatic heterocycles. The van der Waals surface area contributed by atoms with E-state index in [9.17, 15) is 0 Å². The van der Waals surface area contributed by atoms with Gasteiger partial charge in [0.05, 0.1) is 6.04 Å². The Bertz CT molecular complexity index is 345. The average molecular weight is 203 g/mol. The molecule has 0 aliphatic rings. The predicted molar refractivity (Wildman–Crippen MR) is 61.3 cm³/mol. The maximum Gasteiger partial charge on any atom is 0.145 e. The van der Waals surface area contributed by atoms with Crippen LogP contribution in [-0.2, 0) is 0 Å². The third-order valence-corrected chi connectivity index (χ3v) is 2.20. The Morgan fingerprint density at radius 2 is 2.07 bits per heavy atom. The van der Waals surface area contributed by atoms with Gasteiger partial charge in [0.25, 0.3) is 0 Å². The first kappa shape index (κ1) is 11.7. The molecule has 1 rings (SSSR count). The van der Waals surface area contributed by atoms with E-state index in [1.807, 2.05) is 33.3 Å². The van der Waals surface area contributed by atoms with Crippen LogP contribution in [0, 0.1) is 18.8 Å². The average Bonchev–Trinajstić information content (AvgIpc) is 2.26. The summed E-state index contributed by atoms with van der Waals surface area (Å²) in [6, 6.07) is 0.200. The van der Waals surface area contributed by atoms with Crippen LogP contribution < -0.4 is 5.32 Å². The fraction of sp³-hybridized carbons (Fsp3) is 0.500. The molecule has 15 heavy (non-hydrogen) atoms. The van der Waals surface area contributed by atoms with E-state index in [1.54, 1.807) is 0 Å². The number of rotatable bonds is 4. The van der Waals surface area contributed by atoms with Crippen molar-refractivity contribution in [2.24, 2.45) is 0 Å². The van der Waals surface area contributed by atoms with Crippen LogP contribution >= 0.6 is 0 Å². The zero-order valence-electron chi connectivity index (χ0n) is 9.54. The highest BCUT2D eigenvalue weighted by Gasteiger charge is 2.10. The molecule has 0 aliphatic carbocycles. The van der Waals surface area contributed by atoms with Crippen LogP contribution in [0.5, 0.6) is 0 Å². The van der Waals surface area contributed by atoms with Gasteiger partial charge in [-0.2, -0.15) is 0 Å². The van der Waals surface area contributed by atoms with Crippen molar-refractivity contribution < 1.29 is 0 Å². The second-order valence-electron chi connectivity index (χ2n) is 3.43. The van der Waals surface area contributed by atoms with Crippen LogP contribution in [0.4, 0.5) is 0 Å². The minimum Gasteiger partial charge on any atom is -0.310 e. The number of nitrogens with one attached hydrogen (secondary N) is 1. The second kappa shape index (κ2) is 6.15. The molecule has 1 aromatic rings. The Hall–Kier alpha value is -1.40. The SMILES string of the molecule is CC#CCCC(NC)c1ncc(C)cn1. The number of aryl methyl sites for hydroxylation is 1. The van der Waals surface area contributed by atoms with Crippen LogP contribution in [0.2, 0.25) is 0 Å². The van der Waals surface area contributed by atoms with Gasteiger partial charge in [0, 0.05) is 18.8 Å². The molecule has 0 aliphatic heterocycles. The zero-order chi connectivity index (χ0) is 11.1. The molecule has 1 N–H and O–H groups in total. The number of nitrogens with zero attached hydrogens (tertiary/aromatic N) is 2. The number of hydrogen-bond acceptors (Lipinski definition) is 3. The molecule has 0 spiro atoms. The molecule has 0 saturated carbocycles. The topological polar surface area (TPSA) is 37.8 Å². The Labute approximate surface area is 91.3 Å². The van der Waals surface area contributed by atoms with Crippen molar-refractivity contribution in [2.75, 3.05) is 7.05 Å². The summed E-state index contributed by atoms with van der Waals surface area (Å²) in [5.74, 6) is 6.79. The molecule has 80 valence electrons. The molecule has 0 radical (unpaired) electrons. The molecule has 0 bridgehead atoms. The molecule has 1 unspecified atom stereocenters. The second-order valence-corrected chi connectivity index (χ2v) is 3.43. The lowest BCUT2D eigenvalue weighted by molar-refractivity contribution is 0.527. The van der Waals surface area contributed by atoms with E-state index < -0.39 is 0 Å². The minimum atomic E-state index is 0.200. The molecular formula is C12H17N3. The van der Waals surface area contributed by atoms with Gasteiger partial charge in [-0.3, -0.25) is 0 Å². The molecule has 1 atom stereocenters. The van der Waals surface area contributed by atoms with E-state index in [2.05, 4.69) is 27.1 Å². The predicted octanol–water partition coefficient (Wildman–Crippen LogP) is 1.85. The fourth-order valence-electron chi connectivity index (χ4n) is 1.33. The lowest BCUT2D eigenvalue weighted by Gasteiger charge is -2.12. The minimum absolute atomic E-state index is 0.200. The van der Waals surface area contributed by atoms with Gasteiger partial charge in [0.2, 0.25) is 0 Å². The van der Waals surface area contributed by atoms with Gasteiger partial charge in [-0.25, -0.2) is 9.97 Å². The monoisotopic (exact) mass is 203 g/mol. The Morgan fingerprint density at radius 1 is 1.40 bits per heavy atom. The van der Waals surface area contributed by atoms with E-state index in [1.165, 1.54) is 0 Å². The molecule has 0 aromatic carbocycles. The van der Waals surface area contributed by atoms with Crippen molar-refractivity contribution in [2.45, 2.75) is 32.7 Å². The van der Waals surface area contributed by atoms with Crippen LogP contribution in [0.25, 0.3) is 0 Å². The normalized spacial score (nSPS) is 11.7. The summed E-state index contributed by atoms with van der Waals surface area (Å²) in [5.41, 5.74) is 1.09. The summed E-state index contributed by atoms with van der Waals surface area (Å²) in [7, 11) is 1.92. The third kappa shape index (κ3) is 3.69. The standard InChI is InChI=1S/C12H17N3/c1-4-5-6-7-11(13-3)12-14-8-10(2)9-15-12/h8-9,11,13H,6-7H2,1-3H3. The van der Waals surface area contributed by atoms with E-state index in [4.69, 9.17) is 0 Å². The molecule has 3 nitrogen and oxygen atoms in total. The summed E-state index contributed by atoms with van der Waals surface area (Å²) < 4.78 is 0. The van der Waals surface area contributed by atoms with E-state index in [-0.39, 0.29) is 6.04 Å². The highest BCUT2D eigenvalue weighted by Crippen LogP contribution is 2.12. The van der Waals surface area contributed by atoms with Gasteiger partial charge in [-0.1, -0.05) is 0 Å². The van der Waals surface area contributed by atoms with Crippen molar-refractivity contribution >= 4 is 0 Å². The maximum absolute atomic E-state index is 4.31. The van der Waals surface area contributed by atoms with E-state index >= 15 is 0 Å². The molecule has 0 saturated heterocycles. The number of hydrogen-bond donors (Lipinski definition) is 1. The smallest absolute Gasteiger partial charge is 0.145 e. The summed E-state index contributed by atoms with van der Waals surface area (Å²) >= 11 is 0. The highest BCUT2D eigenvalue weighted by atomic mass is 15.0. The lowest BCUT2D eigenvalue weighted by Crippen LogP contribution is -2.18. The first-order chi connectivity index (χ1) is 7.27. The van der Waals surface area contributed by atoms with Crippen LogP contribution in [0.15, 0.2) is 12.4 Å². The zero-order valence-corrected chi connectivity index (χ0v) is 9.54. The summed E-state index contributed by atoms with van der Waals surface area (Å²) in [6.45, 7) is 3.84. The van der Waals surface area contributed by atoms with Gasteiger partial charge in [-0.05, 0) is 32.9 Å². The largest absolute Gasteiger partial charge is 0.310 e. The van der Waals surface area contributed by atoms with E-state index in [0.29, 0.717) is 0 Å². The maximum atomic E-state index is 4.31. The van der Waals surface area contributed by atoms with Crippen molar-refractivity contribution in [3.05, 3.63) is 23.8 Å². The Kier molecular flexibility index (Phi) is 4.79. The van der Waals surface area contributed by atoms with Crippen molar-refractivity contribution in [1.82, 2.24) is 15.3 Å². The highest BCUT2D eigenvalue weighted by molar-refractivity contribution is 5.05. The Morgan fingerprint density at radius 3 is 2.60 bits per heavy atom. The van der Waals surface area contributed by atoms with Crippen LogP contribution in [0.3, 0.4) is 0 Å². The van der Waals surface area contributed by atoms with Gasteiger partial charge >= 0.3 is 0 Å². The molecule has 0 amide bonds. The van der Waals surface area contributed by atoms with Gasteiger partial charge in [-0.15, -0.1) is 11.8 Å². The van der Waals surface area contributed by atoms with Gasteiger partial charge in [0.15, 0.2) is 0 Å². The molecule has 1 heterocycles. The third-order valence-electron chi connectivity index (χ3n) is 2.20. The number of aromatic nitrogens is 2. The van der Waals surface area contributed by atoms with Crippen molar-refractivity contribution in [1.29, 1.82) is 0 Å². The van der Waals surface area contributed by atoms with Crippen molar-refractivity contribution in [3.63, 3.8) is 0 Å². The first-order valence-electron chi connectivity index (χ1n) is 5.13. The van der Waals surface area contributed by atoms with E-state index in [0.717, 1.165) is 24.2 Å². The fourth-order valence-corrected chi connectivity index (χ4v) is 1.33. The molecular weight excluding hydrogens is 186 g/mol. The van der Waals surface area contributed by atoms with Crippen molar-refractivity contribution in [3.8, 4) is 11.8 Å². The first-order valence-corrected chi connectivity index (χ1v) is 5.13.